The van der Waals surface area contributed by atoms with Crippen molar-refractivity contribution in [3.05, 3.63) is 29.3 Å². The maximum atomic E-state index is 12.4. The first-order chi connectivity index (χ1) is 11.0. The van der Waals surface area contributed by atoms with Gasteiger partial charge in [-0.1, -0.05) is 19.9 Å². The van der Waals surface area contributed by atoms with Gasteiger partial charge in [-0.05, 0) is 49.9 Å². The van der Waals surface area contributed by atoms with Crippen LogP contribution in [0.3, 0.4) is 0 Å². The molecule has 1 amide bonds. The van der Waals surface area contributed by atoms with Crippen molar-refractivity contribution in [2.24, 2.45) is 5.92 Å². The Morgan fingerprint density at radius 3 is 2.39 bits per heavy atom. The summed E-state index contributed by atoms with van der Waals surface area (Å²) in [5, 5.41) is 9.31. The van der Waals surface area contributed by atoms with Crippen LogP contribution in [0, 0.1) is 31.1 Å². The van der Waals surface area contributed by atoms with Crippen LogP contribution in [0.25, 0.3) is 0 Å². The van der Waals surface area contributed by atoms with Crippen LogP contribution in [-0.2, 0) is 4.79 Å². The molecule has 1 aromatic carbocycles. The minimum Gasteiger partial charge on any atom is -0.494 e. The molecule has 0 heterocycles. The fraction of sp³-hybridized carbons (Fsp3) is 0.579. The van der Waals surface area contributed by atoms with E-state index >= 15 is 0 Å². The smallest absolute Gasteiger partial charge is 0.240 e. The summed E-state index contributed by atoms with van der Waals surface area (Å²) in [6.45, 7) is 9.97. The van der Waals surface area contributed by atoms with Crippen molar-refractivity contribution in [2.75, 3.05) is 19.7 Å². The molecule has 1 aromatic rings. The Morgan fingerprint density at radius 1 is 1.22 bits per heavy atom. The largest absolute Gasteiger partial charge is 0.494 e. The molecule has 0 N–H and O–H groups in total. The van der Waals surface area contributed by atoms with Crippen molar-refractivity contribution >= 4 is 5.91 Å². The summed E-state index contributed by atoms with van der Waals surface area (Å²) in [5.74, 6) is 0.0933. The molecule has 4 heteroatoms. The van der Waals surface area contributed by atoms with Gasteiger partial charge in [-0.15, -0.1) is 0 Å². The Bertz CT molecular complexity index is 543. The standard InChI is InChI=1S/C19H28N2O2/c1-5-10-21(11-6-2)19(22)17(14-20)9-12-23-18-8-7-15(3)16(4)13-18/h7-8,13,17H,5-6,9-12H2,1-4H3. The average Bonchev–Trinajstić information content (AvgIpc) is 2.54. The van der Waals surface area contributed by atoms with Gasteiger partial charge in [0.15, 0.2) is 0 Å². The summed E-state index contributed by atoms with van der Waals surface area (Å²) in [7, 11) is 0. The highest BCUT2D eigenvalue weighted by atomic mass is 16.5. The molecule has 0 fully saturated rings. The molecule has 0 spiro atoms. The molecule has 0 radical (unpaired) electrons. The van der Waals surface area contributed by atoms with Crippen LogP contribution in [0.1, 0.15) is 44.2 Å². The lowest BCUT2D eigenvalue weighted by Crippen LogP contribution is -2.37. The predicted molar refractivity (Wildman–Crippen MR) is 92.3 cm³/mol. The molecule has 1 unspecified atom stereocenters. The Morgan fingerprint density at radius 2 is 1.87 bits per heavy atom. The SMILES string of the molecule is CCCN(CCC)C(=O)C(C#N)CCOc1ccc(C)c(C)c1. The van der Waals surface area contributed by atoms with Crippen LogP contribution in [0.4, 0.5) is 0 Å². The maximum Gasteiger partial charge on any atom is 0.240 e. The van der Waals surface area contributed by atoms with Crippen LogP contribution in [0.2, 0.25) is 0 Å². The van der Waals surface area contributed by atoms with Gasteiger partial charge in [-0.25, -0.2) is 0 Å². The number of benzene rings is 1. The Hall–Kier alpha value is -2.02. The summed E-state index contributed by atoms with van der Waals surface area (Å²) in [6.07, 6.45) is 2.23. The second-order valence-corrected chi connectivity index (χ2v) is 5.89. The summed E-state index contributed by atoms with van der Waals surface area (Å²) in [4.78, 5) is 14.2. The quantitative estimate of drug-likeness (QED) is 0.695. The second-order valence-electron chi connectivity index (χ2n) is 5.89. The minimum atomic E-state index is -0.625. The molecule has 126 valence electrons. The Balaban J connectivity index is 2.57. The molecule has 0 saturated heterocycles. The molecule has 0 aliphatic carbocycles. The van der Waals surface area contributed by atoms with E-state index in [0.29, 0.717) is 26.1 Å². The highest BCUT2D eigenvalue weighted by molar-refractivity contribution is 5.81. The third kappa shape index (κ3) is 5.94. The highest BCUT2D eigenvalue weighted by Gasteiger charge is 2.23. The Labute approximate surface area is 140 Å². The molecule has 0 bridgehead atoms. The first kappa shape index (κ1) is 19.0. The van der Waals surface area contributed by atoms with Crippen LogP contribution >= 0.6 is 0 Å². The van der Waals surface area contributed by atoms with Gasteiger partial charge < -0.3 is 9.64 Å². The van der Waals surface area contributed by atoms with Crippen LogP contribution in [-0.4, -0.2) is 30.5 Å². The summed E-state index contributed by atoms with van der Waals surface area (Å²) in [6, 6.07) is 8.06. The van der Waals surface area contributed by atoms with E-state index in [1.807, 2.05) is 39.0 Å². The number of nitriles is 1. The van der Waals surface area contributed by atoms with Crippen molar-refractivity contribution < 1.29 is 9.53 Å². The maximum absolute atomic E-state index is 12.4. The third-order valence-electron chi connectivity index (χ3n) is 3.91. The van der Waals surface area contributed by atoms with Crippen molar-refractivity contribution in [2.45, 2.75) is 47.0 Å². The fourth-order valence-electron chi connectivity index (χ4n) is 2.43. The molecule has 0 aromatic heterocycles. The molecule has 1 atom stereocenters. The molecule has 0 aliphatic rings. The van der Waals surface area contributed by atoms with E-state index in [-0.39, 0.29) is 5.91 Å². The van der Waals surface area contributed by atoms with E-state index in [0.717, 1.165) is 18.6 Å². The number of hydrogen-bond donors (Lipinski definition) is 0. The first-order valence-corrected chi connectivity index (χ1v) is 8.41. The van der Waals surface area contributed by atoms with Crippen molar-refractivity contribution in [3.63, 3.8) is 0 Å². The number of nitrogens with zero attached hydrogens (tertiary/aromatic N) is 2. The minimum absolute atomic E-state index is 0.0695. The fourth-order valence-corrected chi connectivity index (χ4v) is 2.43. The summed E-state index contributed by atoms with van der Waals surface area (Å²) >= 11 is 0. The van der Waals surface area contributed by atoms with Gasteiger partial charge in [0.2, 0.25) is 5.91 Å². The lowest BCUT2D eigenvalue weighted by atomic mass is 10.1. The van der Waals surface area contributed by atoms with Crippen molar-refractivity contribution in [3.8, 4) is 11.8 Å². The van der Waals surface area contributed by atoms with E-state index < -0.39 is 5.92 Å². The van der Waals surface area contributed by atoms with Crippen LogP contribution < -0.4 is 4.74 Å². The Kier molecular flexibility index (Phi) is 8.18. The van der Waals surface area contributed by atoms with E-state index in [4.69, 9.17) is 4.74 Å². The molecular formula is C19H28N2O2. The second kappa shape index (κ2) is 9.89. The van der Waals surface area contributed by atoms with E-state index in [2.05, 4.69) is 13.0 Å². The predicted octanol–water partition coefficient (Wildman–Crippen LogP) is 3.86. The topological polar surface area (TPSA) is 53.3 Å². The number of aryl methyl sites for hydroxylation is 2. The van der Waals surface area contributed by atoms with E-state index in [1.54, 1.807) is 4.90 Å². The van der Waals surface area contributed by atoms with Gasteiger partial charge in [-0.2, -0.15) is 5.26 Å². The zero-order valence-electron chi connectivity index (χ0n) is 14.8. The molecule has 0 saturated carbocycles. The highest BCUT2D eigenvalue weighted by Crippen LogP contribution is 2.17. The van der Waals surface area contributed by atoms with E-state index in [9.17, 15) is 10.1 Å². The van der Waals surface area contributed by atoms with E-state index in [1.165, 1.54) is 11.1 Å². The van der Waals surface area contributed by atoms with Gasteiger partial charge in [0.25, 0.3) is 0 Å². The zero-order chi connectivity index (χ0) is 17.2. The lowest BCUT2D eigenvalue weighted by molar-refractivity contribution is -0.134. The molecule has 4 nitrogen and oxygen atoms in total. The number of carbonyl (C=O) groups excluding carboxylic acids is 1. The lowest BCUT2D eigenvalue weighted by Gasteiger charge is -2.23. The normalized spacial score (nSPS) is 11.6. The number of carbonyl (C=O) groups is 1. The van der Waals surface area contributed by atoms with Crippen LogP contribution in [0.15, 0.2) is 18.2 Å². The van der Waals surface area contributed by atoms with Crippen molar-refractivity contribution in [1.29, 1.82) is 5.26 Å². The molecule has 1 rings (SSSR count). The van der Waals surface area contributed by atoms with Gasteiger partial charge in [0.05, 0.1) is 12.7 Å². The summed E-state index contributed by atoms with van der Waals surface area (Å²) in [5.41, 5.74) is 2.39. The average molecular weight is 316 g/mol. The monoisotopic (exact) mass is 316 g/mol. The third-order valence-corrected chi connectivity index (χ3v) is 3.91. The number of hydrogen-bond acceptors (Lipinski definition) is 3. The number of rotatable bonds is 9. The van der Waals surface area contributed by atoms with Gasteiger partial charge in [0, 0.05) is 19.5 Å². The molecular weight excluding hydrogens is 288 g/mol. The zero-order valence-corrected chi connectivity index (χ0v) is 14.8. The van der Waals surface area contributed by atoms with Crippen LogP contribution in [0.5, 0.6) is 5.75 Å². The first-order valence-electron chi connectivity index (χ1n) is 8.41. The van der Waals surface area contributed by atoms with Crippen molar-refractivity contribution in [1.82, 2.24) is 4.90 Å². The summed E-state index contributed by atoms with van der Waals surface area (Å²) < 4.78 is 5.70. The number of ether oxygens (including phenoxy) is 1. The molecule has 0 aliphatic heterocycles. The molecule has 23 heavy (non-hydrogen) atoms. The number of amides is 1. The van der Waals surface area contributed by atoms with Gasteiger partial charge in [-0.3, -0.25) is 4.79 Å². The van der Waals surface area contributed by atoms with Gasteiger partial charge in [0.1, 0.15) is 11.7 Å². The van der Waals surface area contributed by atoms with Gasteiger partial charge >= 0.3 is 0 Å².